The molecular formula is C16H26N2O4S. The van der Waals surface area contributed by atoms with Crippen molar-refractivity contribution in [1.82, 2.24) is 5.32 Å². The molecule has 0 heterocycles. The smallest absolute Gasteiger partial charge is 0.232 e. The zero-order valence-corrected chi connectivity index (χ0v) is 14.9. The number of carbonyl (C=O) groups is 1. The van der Waals surface area contributed by atoms with Crippen LogP contribution < -0.4 is 9.62 Å². The van der Waals surface area contributed by atoms with Gasteiger partial charge in [-0.25, -0.2) is 8.42 Å². The normalized spacial score (nSPS) is 11.3. The zero-order chi connectivity index (χ0) is 17.3. The van der Waals surface area contributed by atoms with Crippen LogP contribution in [0.15, 0.2) is 24.3 Å². The number of nitrogens with zero attached hydrogens (tertiary/aromatic N) is 1. The van der Waals surface area contributed by atoms with E-state index in [0.29, 0.717) is 25.3 Å². The Kier molecular flexibility index (Phi) is 8.05. The van der Waals surface area contributed by atoms with Crippen LogP contribution in [0.2, 0.25) is 0 Å². The van der Waals surface area contributed by atoms with Crippen LogP contribution in [0.25, 0.3) is 0 Å². The fourth-order valence-electron chi connectivity index (χ4n) is 2.15. The molecule has 0 fully saturated rings. The van der Waals surface area contributed by atoms with Crippen molar-refractivity contribution in [2.45, 2.75) is 26.2 Å². The van der Waals surface area contributed by atoms with Crippen molar-refractivity contribution in [3.05, 3.63) is 29.8 Å². The van der Waals surface area contributed by atoms with Crippen LogP contribution >= 0.6 is 0 Å². The molecule has 0 unspecified atom stereocenters. The number of anilines is 1. The number of nitrogens with one attached hydrogen (secondary N) is 1. The van der Waals surface area contributed by atoms with Crippen LogP contribution in [-0.2, 0) is 26.0 Å². The van der Waals surface area contributed by atoms with Gasteiger partial charge in [0.1, 0.15) is 0 Å². The van der Waals surface area contributed by atoms with E-state index >= 15 is 0 Å². The summed E-state index contributed by atoms with van der Waals surface area (Å²) in [5, 5.41) is 2.72. The number of benzene rings is 1. The molecule has 1 aromatic carbocycles. The van der Waals surface area contributed by atoms with Crippen LogP contribution in [0, 0.1) is 0 Å². The summed E-state index contributed by atoms with van der Waals surface area (Å²) in [6.07, 6.45) is 2.82. The van der Waals surface area contributed by atoms with Gasteiger partial charge < -0.3 is 10.1 Å². The van der Waals surface area contributed by atoms with Crippen molar-refractivity contribution >= 4 is 21.6 Å². The minimum atomic E-state index is -3.37. The van der Waals surface area contributed by atoms with Gasteiger partial charge in [0.25, 0.3) is 0 Å². The number of carbonyl (C=O) groups excluding carboxylic acids is 1. The van der Waals surface area contributed by atoms with Crippen molar-refractivity contribution in [2.75, 3.05) is 37.4 Å². The minimum absolute atomic E-state index is 0.100. The summed E-state index contributed by atoms with van der Waals surface area (Å²) in [6.45, 7) is 3.25. The molecule has 0 bridgehead atoms. The van der Waals surface area contributed by atoms with E-state index in [0.717, 1.165) is 12.0 Å². The molecule has 0 aliphatic heterocycles. The Balaban J connectivity index is 2.61. The van der Waals surface area contributed by atoms with Crippen LogP contribution in [-0.4, -0.2) is 47.4 Å². The first-order chi connectivity index (χ1) is 10.9. The predicted molar refractivity (Wildman–Crippen MR) is 92.1 cm³/mol. The second kappa shape index (κ2) is 9.52. The SMILES string of the molecule is CCc1ccc(N(CCCC(=O)NCCOC)S(C)(=O)=O)cc1. The molecule has 0 radical (unpaired) electrons. The number of amides is 1. The van der Waals surface area contributed by atoms with Gasteiger partial charge >= 0.3 is 0 Å². The molecule has 1 aromatic rings. The molecular weight excluding hydrogens is 316 g/mol. The van der Waals surface area contributed by atoms with Crippen molar-refractivity contribution in [2.24, 2.45) is 0 Å². The number of hydrogen-bond acceptors (Lipinski definition) is 4. The standard InChI is InChI=1S/C16H26N2O4S/c1-4-14-7-9-15(10-8-14)18(23(3,20)21)12-5-6-16(19)17-11-13-22-2/h7-10H,4-6,11-13H2,1-3H3,(H,17,19). The molecule has 0 aliphatic carbocycles. The highest BCUT2D eigenvalue weighted by Gasteiger charge is 2.17. The van der Waals surface area contributed by atoms with Gasteiger partial charge in [0, 0.05) is 26.6 Å². The monoisotopic (exact) mass is 342 g/mol. The van der Waals surface area contributed by atoms with Crippen LogP contribution in [0.3, 0.4) is 0 Å². The molecule has 1 N–H and O–H groups in total. The van der Waals surface area contributed by atoms with Gasteiger partial charge in [-0.05, 0) is 30.5 Å². The van der Waals surface area contributed by atoms with Crippen molar-refractivity contribution in [3.63, 3.8) is 0 Å². The summed E-state index contributed by atoms with van der Waals surface area (Å²) in [4.78, 5) is 11.6. The average molecular weight is 342 g/mol. The molecule has 0 spiro atoms. The molecule has 130 valence electrons. The third-order valence-corrected chi connectivity index (χ3v) is 4.62. The summed E-state index contributed by atoms with van der Waals surface area (Å²) in [7, 11) is -1.81. The highest BCUT2D eigenvalue weighted by Crippen LogP contribution is 2.19. The second-order valence-corrected chi connectivity index (χ2v) is 7.21. The van der Waals surface area contributed by atoms with Crippen molar-refractivity contribution in [1.29, 1.82) is 0 Å². The fraction of sp³-hybridized carbons (Fsp3) is 0.562. The minimum Gasteiger partial charge on any atom is -0.383 e. The number of ether oxygens (including phenoxy) is 1. The van der Waals surface area contributed by atoms with E-state index in [4.69, 9.17) is 4.74 Å². The maximum absolute atomic E-state index is 12.0. The maximum Gasteiger partial charge on any atom is 0.232 e. The summed E-state index contributed by atoms with van der Waals surface area (Å²) in [5.41, 5.74) is 1.78. The summed E-state index contributed by atoms with van der Waals surface area (Å²) < 4.78 is 30.2. The van der Waals surface area contributed by atoms with Gasteiger partial charge in [0.2, 0.25) is 15.9 Å². The molecule has 6 nitrogen and oxygen atoms in total. The quantitative estimate of drug-likeness (QED) is 0.655. The Hall–Kier alpha value is -1.60. The topological polar surface area (TPSA) is 75.7 Å². The molecule has 1 amide bonds. The maximum atomic E-state index is 12.0. The second-order valence-electron chi connectivity index (χ2n) is 5.30. The van der Waals surface area contributed by atoms with Crippen LogP contribution in [0.1, 0.15) is 25.3 Å². The summed E-state index contributed by atoms with van der Waals surface area (Å²) in [5.74, 6) is -0.100. The lowest BCUT2D eigenvalue weighted by Crippen LogP contribution is -2.32. The molecule has 0 saturated carbocycles. The van der Waals surface area contributed by atoms with Gasteiger partial charge in [-0.3, -0.25) is 9.10 Å². The van der Waals surface area contributed by atoms with E-state index in [1.54, 1.807) is 19.2 Å². The number of aryl methyl sites for hydroxylation is 1. The van der Waals surface area contributed by atoms with Crippen molar-refractivity contribution in [3.8, 4) is 0 Å². The lowest BCUT2D eigenvalue weighted by molar-refractivity contribution is -0.121. The van der Waals surface area contributed by atoms with E-state index in [2.05, 4.69) is 5.32 Å². The van der Waals surface area contributed by atoms with E-state index in [1.807, 2.05) is 19.1 Å². The van der Waals surface area contributed by atoms with Crippen LogP contribution in [0.4, 0.5) is 5.69 Å². The Labute approximate surface area is 138 Å². The Morgan fingerprint density at radius 2 is 1.91 bits per heavy atom. The largest absolute Gasteiger partial charge is 0.383 e. The summed E-state index contributed by atoms with van der Waals surface area (Å²) in [6, 6.07) is 7.45. The molecule has 0 saturated heterocycles. The molecule has 7 heteroatoms. The van der Waals surface area contributed by atoms with Gasteiger partial charge in [0.05, 0.1) is 18.6 Å². The van der Waals surface area contributed by atoms with Crippen molar-refractivity contribution < 1.29 is 17.9 Å². The van der Waals surface area contributed by atoms with Gasteiger partial charge in [-0.1, -0.05) is 19.1 Å². The third-order valence-electron chi connectivity index (χ3n) is 3.43. The van der Waals surface area contributed by atoms with E-state index < -0.39 is 10.0 Å². The Morgan fingerprint density at radius 1 is 1.26 bits per heavy atom. The molecule has 23 heavy (non-hydrogen) atoms. The zero-order valence-electron chi connectivity index (χ0n) is 14.0. The first kappa shape index (κ1) is 19.4. The van der Waals surface area contributed by atoms with Crippen LogP contribution in [0.5, 0.6) is 0 Å². The fourth-order valence-corrected chi connectivity index (χ4v) is 3.11. The van der Waals surface area contributed by atoms with Gasteiger partial charge in [0.15, 0.2) is 0 Å². The third kappa shape index (κ3) is 7.00. The average Bonchev–Trinajstić information content (AvgIpc) is 2.51. The first-order valence-electron chi connectivity index (χ1n) is 7.70. The lowest BCUT2D eigenvalue weighted by Gasteiger charge is -2.22. The van der Waals surface area contributed by atoms with Gasteiger partial charge in [-0.15, -0.1) is 0 Å². The highest BCUT2D eigenvalue weighted by molar-refractivity contribution is 7.92. The van der Waals surface area contributed by atoms with E-state index in [-0.39, 0.29) is 18.9 Å². The molecule has 0 aliphatic rings. The van der Waals surface area contributed by atoms with E-state index in [9.17, 15) is 13.2 Å². The highest BCUT2D eigenvalue weighted by atomic mass is 32.2. The number of rotatable bonds is 10. The summed E-state index contributed by atoms with van der Waals surface area (Å²) >= 11 is 0. The predicted octanol–water partition coefficient (Wildman–Crippen LogP) is 1.56. The Bertz CT molecular complexity index is 585. The molecule has 0 atom stereocenters. The number of methoxy groups -OCH3 is 1. The number of hydrogen-bond donors (Lipinski definition) is 1. The number of sulfonamides is 1. The molecule has 1 rings (SSSR count). The first-order valence-corrected chi connectivity index (χ1v) is 9.55. The van der Waals surface area contributed by atoms with Gasteiger partial charge in [-0.2, -0.15) is 0 Å². The lowest BCUT2D eigenvalue weighted by atomic mass is 10.1. The van der Waals surface area contributed by atoms with E-state index in [1.165, 1.54) is 10.6 Å². The molecule has 0 aromatic heterocycles. The Morgan fingerprint density at radius 3 is 2.43 bits per heavy atom.